The van der Waals surface area contributed by atoms with E-state index in [0.717, 1.165) is 12.8 Å². The maximum Gasteiger partial charge on any atom is 0.319 e. The van der Waals surface area contributed by atoms with Gasteiger partial charge in [-0.05, 0) is 68.5 Å². The van der Waals surface area contributed by atoms with E-state index in [4.69, 9.17) is 11.6 Å². The summed E-state index contributed by atoms with van der Waals surface area (Å²) in [5.41, 5.74) is 3.35. The molecule has 0 saturated carbocycles. The number of rotatable bonds is 4. The number of hydrogen-bond acceptors (Lipinski definition) is 2. The van der Waals surface area contributed by atoms with Crippen LogP contribution < -0.4 is 10.6 Å². The largest absolute Gasteiger partial charge is 0.331 e. The number of benzene rings is 1. The Hall–Kier alpha value is -2.24. The zero-order chi connectivity index (χ0) is 18.8. The normalized spacial score (nSPS) is 14.4. The number of carbonyl (C=O) groups excluding carboxylic acids is 1. The molecular weight excluding hydrogens is 378 g/mol. The lowest BCUT2D eigenvalue weighted by Crippen LogP contribution is -2.32. The Kier molecular flexibility index (Phi) is 5.23. The lowest BCUT2D eigenvalue weighted by molar-refractivity contribution is 0.249. The molecule has 4 rings (SSSR count). The van der Waals surface area contributed by atoms with Crippen molar-refractivity contribution < 1.29 is 4.79 Å². The van der Waals surface area contributed by atoms with E-state index in [1.165, 1.54) is 33.8 Å². The molecule has 140 valence electrons. The number of urea groups is 1. The third kappa shape index (κ3) is 3.89. The first-order valence-corrected chi connectivity index (χ1v) is 10.4. The van der Waals surface area contributed by atoms with Crippen molar-refractivity contribution in [1.82, 2.24) is 9.88 Å². The quantitative estimate of drug-likeness (QED) is 0.559. The number of nitrogens with one attached hydrogen (secondary N) is 2. The van der Waals surface area contributed by atoms with Crippen molar-refractivity contribution >= 4 is 34.7 Å². The minimum Gasteiger partial charge on any atom is -0.331 e. The molecule has 2 amide bonds. The highest BCUT2D eigenvalue weighted by atomic mass is 35.5. The molecule has 2 aromatic heterocycles. The molecular formula is C21H22ClN3OS. The summed E-state index contributed by atoms with van der Waals surface area (Å²) in [6, 6.07) is 10.9. The van der Waals surface area contributed by atoms with E-state index in [1.807, 2.05) is 35.6 Å². The van der Waals surface area contributed by atoms with Crippen LogP contribution in [0.4, 0.5) is 10.5 Å². The van der Waals surface area contributed by atoms with Crippen molar-refractivity contribution in [3.05, 3.63) is 69.8 Å². The molecule has 0 saturated heterocycles. The molecule has 0 unspecified atom stereocenters. The first-order chi connectivity index (χ1) is 13.1. The lowest BCUT2D eigenvalue weighted by Gasteiger charge is -2.20. The van der Waals surface area contributed by atoms with Gasteiger partial charge in [0.1, 0.15) is 5.00 Å². The van der Waals surface area contributed by atoms with Crippen molar-refractivity contribution in [1.29, 1.82) is 0 Å². The van der Waals surface area contributed by atoms with Crippen LogP contribution in [0.25, 0.3) is 5.00 Å². The number of aromatic nitrogens is 1. The highest BCUT2D eigenvalue weighted by Crippen LogP contribution is 2.40. The summed E-state index contributed by atoms with van der Waals surface area (Å²) in [5.74, 6) is 0. The Balaban J connectivity index is 1.58. The third-order valence-corrected chi connectivity index (χ3v) is 6.45. The zero-order valence-corrected chi connectivity index (χ0v) is 16.7. The maximum absolute atomic E-state index is 12.5. The van der Waals surface area contributed by atoms with E-state index in [0.29, 0.717) is 10.7 Å². The number of anilines is 1. The molecule has 0 aliphatic heterocycles. The number of nitrogens with zero attached hydrogens (tertiary/aromatic N) is 1. The van der Waals surface area contributed by atoms with Gasteiger partial charge in [0, 0.05) is 33.5 Å². The molecule has 3 aromatic rings. The standard InChI is InChI=1S/C21H22ClN3OS/c1-14(23-21(26)24-16-8-6-7-15(22)13-16)19-17-9-2-3-10-18(17)27-20(19)25-11-4-5-12-25/h4-8,11-14H,2-3,9-10H2,1H3,(H2,23,24,26)/t14-/m1/s1. The van der Waals surface area contributed by atoms with Crippen LogP contribution in [0, 0.1) is 0 Å². The molecule has 0 fully saturated rings. The second kappa shape index (κ2) is 7.79. The first-order valence-electron chi connectivity index (χ1n) is 9.22. The van der Waals surface area contributed by atoms with Gasteiger partial charge in [-0.3, -0.25) is 0 Å². The number of amides is 2. The summed E-state index contributed by atoms with van der Waals surface area (Å²) in [6.45, 7) is 2.06. The van der Waals surface area contributed by atoms with Gasteiger partial charge in [0.15, 0.2) is 0 Å². The minimum atomic E-state index is -0.223. The Morgan fingerprint density at radius 3 is 2.74 bits per heavy atom. The molecule has 4 nitrogen and oxygen atoms in total. The highest BCUT2D eigenvalue weighted by Gasteiger charge is 2.25. The van der Waals surface area contributed by atoms with Crippen LogP contribution in [0.2, 0.25) is 5.02 Å². The van der Waals surface area contributed by atoms with Crippen LogP contribution in [-0.2, 0) is 12.8 Å². The third-order valence-electron chi connectivity index (χ3n) is 4.89. The van der Waals surface area contributed by atoms with Crippen molar-refractivity contribution in [2.45, 2.75) is 38.6 Å². The van der Waals surface area contributed by atoms with Crippen molar-refractivity contribution in [3.8, 4) is 5.00 Å². The second-order valence-corrected chi connectivity index (χ2v) is 8.37. The van der Waals surface area contributed by atoms with E-state index in [-0.39, 0.29) is 12.1 Å². The number of thiophene rings is 1. The molecule has 0 radical (unpaired) electrons. The monoisotopic (exact) mass is 399 g/mol. The molecule has 0 bridgehead atoms. The summed E-state index contributed by atoms with van der Waals surface area (Å²) in [4.78, 5) is 14.0. The fourth-order valence-corrected chi connectivity index (χ4v) is 5.33. The summed E-state index contributed by atoms with van der Waals surface area (Å²) >= 11 is 7.85. The SMILES string of the molecule is C[C@@H](NC(=O)Nc1cccc(Cl)c1)c1c(-n2cccc2)sc2c1CCCC2. The molecule has 1 aliphatic rings. The van der Waals surface area contributed by atoms with Crippen LogP contribution in [0.1, 0.15) is 41.8 Å². The summed E-state index contributed by atoms with van der Waals surface area (Å²) < 4.78 is 2.16. The maximum atomic E-state index is 12.5. The number of halogens is 1. The smallest absolute Gasteiger partial charge is 0.319 e. The average molecular weight is 400 g/mol. The molecule has 27 heavy (non-hydrogen) atoms. The molecule has 2 N–H and O–H groups in total. The fourth-order valence-electron chi connectivity index (χ4n) is 3.69. The molecule has 6 heteroatoms. The van der Waals surface area contributed by atoms with Crippen molar-refractivity contribution in [2.24, 2.45) is 0 Å². The fraction of sp³-hybridized carbons (Fsp3) is 0.286. The van der Waals surface area contributed by atoms with Crippen LogP contribution in [0.3, 0.4) is 0 Å². The molecule has 2 heterocycles. The molecule has 1 atom stereocenters. The lowest BCUT2D eigenvalue weighted by atomic mass is 9.93. The topological polar surface area (TPSA) is 46.1 Å². The Morgan fingerprint density at radius 2 is 1.96 bits per heavy atom. The van der Waals surface area contributed by atoms with Gasteiger partial charge >= 0.3 is 6.03 Å². The summed E-state index contributed by atoms with van der Waals surface area (Å²) in [7, 11) is 0. The summed E-state index contributed by atoms with van der Waals surface area (Å²) in [5, 5.41) is 7.79. The van der Waals surface area contributed by atoms with Gasteiger partial charge in [-0.15, -0.1) is 11.3 Å². The highest BCUT2D eigenvalue weighted by molar-refractivity contribution is 7.15. The van der Waals surface area contributed by atoms with Gasteiger partial charge in [-0.25, -0.2) is 4.79 Å². The zero-order valence-electron chi connectivity index (χ0n) is 15.2. The average Bonchev–Trinajstić information content (AvgIpc) is 3.29. The Labute approximate surface area is 168 Å². The van der Waals surface area contributed by atoms with E-state index < -0.39 is 0 Å². The van der Waals surface area contributed by atoms with E-state index >= 15 is 0 Å². The van der Waals surface area contributed by atoms with Crippen LogP contribution in [-0.4, -0.2) is 10.6 Å². The van der Waals surface area contributed by atoms with Crippen molar-refractivity contribution in [2.75, 3.05) is 5.32 Å². The predicted molar refractivity (Wildman–Crippen MR) is 112 cm³/mol. The van der Waals surface area contributed by atoms with Gasteiger partial charge < -0.3 is 15.2 Å². The summed E-state index contributed by atoms with van der Waals surface area (Å²) in [6.07, 6.45) is 8.82. The number of hydrogen-bond donors (Lipinski definition) is 2. The molecule has 1 aromatic carbocycles. The Bertz CT molecular complexity index is 948. The van der Waals surface area contributed by atoms with E-state index in [9.17, 15) is 4.79 Å². The number of aryl methyl sites for hydroxylation is 1. The van der Waals surface area contributed by atoms with Crippen molar-refractivity contribution in [3.63, 3.8) is 0 Å². The van der Waals surface area contributed by atoms with E-state index in [1.54, 1.807) is 12.1 Å². The Morgan fingerprint density at radius 1 is 1.19 bits per heavy atom. The predicted octanol–water partition coefficient (Wildman–Crippen LogP) is 5.95. The van der Waals surface area contributed by atoms with Gasteiger partial charge in [0.05, 0.1) is 6.04 Å². The van der Waals surface area contributed by atoms with Gasteiger partial charge in [-0.2, -0.15) is 0 Å². The second-order valence-electron chi connectivity index (χ2n) is 6.85. The van der Waals surface area contributed by atoms with Crippen LogP contribution in [0.15, 0.2) is 48.8 Å². The molecule has 1 aliphatic carbocycles. The van der Waals surface area contributed by atoms with E-state index in [2.05, 4.69) is 34.5 Å². The van der Waals surface area contributed by atoms with Crippen LogP contribution in [0.5, 0.6) is 0 Å². The van der Waals surface area contributed by atoms with Gasteiger partial charge in [0.2, 0.25) is 0 Å². The van der Waals surface area contributed by atoms with Gasteiger partial charge in [-0.1, -0.05) is 17.7 Å². The van der Waals surface area contributed by atoms with Gasteiger partial charge in [0.25, 0.3) is 0 Å². The minimum absolute atomic E-state index is 0.0836. The number of carbonyl (C=O) groups is 1. The van der Waals surface area contributed by atoms with Crippen LogP contribution >= 0.6 is 22.9 Å². The number of fused-ring (bicyclic) bond motifs is 1. The first kappa shape index (κ1) is 18.1. The molecule has 0 spiro atoms.